The Morgan fingerprint density at radius 1 is 0.889 bits per heavy atom. The van der Waals surface area contributed by atoms with Gasteiger partial charge in [0.15, 0.2) is 0 Å². The maximum absolute atomic E-state index is 12.9. The molecule has 0 spiro atoms. The number of rotatable bonds is 3. The SMILES string of the molecule is O=C(c1ccc(N2CCCC2)c(Cl)c1)N1CCN(c2ncccc2Cl)CC1. The molecule has 1 aromatic carbocycles. The van der Waals surface area contributed by atoms with Gasteiger partial charge in [-0.3, -0.25) is 4.79 Å². The molecular formula is C20H22Cl2N4O. The molecule has 0 unspecified atom stereocenters. The Balaban J connectivity index is 1.42. The van der Waals surface area contributed by atoms with Gasteiger partial charge in [-0.25, -0.2) is 4.98 Å². The average molecular weight is 405 g/mol. The van der Waals surface area contributed by atoms with Crippen LogP contribution in [0.2, 0.25) is 10.0 Å². The molecule has 0 saturated carbocycles. The van der Waals surface area contributed by atoms with Crippen LogP contribution in [0, 0.1) is 0 Å². The number of carbonyl (C=O) groups excluding carboxylic acids is 1. The second kappa shape index (κ2) is 7.95. The van der Waals surface area contributed by atoms with Crippen LogP contribution in [0.5, 0.6) is 0 Å². The summed E-state index contributed by atoms with van der Waals surface area (Å²) >= 11 is 12.7. The molecule has 2 aliphatic heterocycles. The fourth-order valence-electron chi connectivity index (χ4n) is 3.77. The van der Waals surface area contributed by atoms with E-state index in [1.165, 1.54) is 12.8 Å². The molecule has 0 aliphatic carbocycles. The molecule has 0 radical (unpaired) electrons. The Labute approximate surface area is 169 Å². The highest BCUT2D eigenvalue weighted by molar-refractivity contribution is 6.33. The van der Waals surface area contributed by atoms with Gasteiger partial charge < -0.3 is 14.7 Å². The van der Waals surface area contributed by atoms with Crippen molar-refractivity contribution in [2.75, 3.05) is 49.1 Å². The second-order valence-corrected chi connectivity index (χ2v) is 7.76. The maximum atomic E-state index is 12.9. The molecule has 0 N–H and O–H groups in total. The molecule has 1 amide bonds. The van der Waals surface area contributed by atoms with E-state index in [-0.39, 0.29) is 5.91 Å². The third-order valence-corrected chi connectivity index (χ3v) is 5.84. The number of amides is 1. The Morgan fingerprint density at radius 2 is 1.63 bits per heavy atom. The summed E-state index contributed by atoms with van der Waals surface area (Å²) in [6.45, 7) is 4.76. The van der Waals surface area contributed by atoms with E-state index in [0.29, 0.717) is 41.8 Å². The molecule has 5 nitrogen and oxygen atoms in total. The Morgan fingerprint density at radius 3 is 2.30 bits per heavy atom. The number of benzene rings is 1. The highest BCUT2D eigenvalue weighted by Gasteiger charge is 2.25. The van der Waals surface area contributed by atoms with Crippen LogP contribution >= 0.6 is 23.2 Å². The Hall–Kier alpha value is -1.98. The molecule has 0 atom stereocenters. The van der Waals surface area contributed by atoms with E-state index in [1.54, 1.807) is 12.3 Å². The number of piperazine rings is 1. The average Bonchev–Trinajstić information content (AvgIpc) is 3.22. The van der Waals surface area contributed by atoms with Gasteiger partial charge in [0.05, 0.1) is 15.7 Å². The highest BCUT2D eigenvalue weighted by atomic mass is 35.5. The standard InChI is InChI=1S/C20H22Cl2N4O/c21-16-4-3-7-23-19(16)25-10-12-26(13-11-25)20(27)15-5-6-18(17(22)14-15)24-8-1-2-9-24/h3-7,14H,1-2,8-13H2. The first-order valence-corrected chi connectivity index (χ1v) is 10.1. The van der Waals surface area contributed by atoms with E-state index >= 15 is 0 Å². The molecule has 27 heavy (non-hydrogen) atoms. The van der Waals surface area contributed by atoms with Gasteiger partial charge in [-0.1, -0.05) is 23.2 Å². The zero-order valence-corrected chi connectivity index (χ0v) is 16.6. The van der Waals surface area contributed by atoms with Crippen LogP contribution in [0.4, 0.5) is 11.5 Å². The van der Waals surface area contributed by atoms with Crippen LogP contribution in [0.15, 0.2) is 36.5 Å². The molecule has 142 valence electrons. The monoisotopic (exact) mass is 404 g/mol. The summed E-state index contributed by atoms with van der Waals surface area (Å²) in [6, 6.07) is 9.33. The van der Waals surface area contributed by atoms with E-state index in [2.05, 4.69) is 14.8 Å². The summed E-state index contributed by atoms with van der Waals surface area (Å²) in [7, 11) is 0. The largest absolute Gasteiger partial charge is 0.370 e. The van der Waals surface area contributed by atoms with Crippen molar-refractivity contribution >= 4 is 40.6 Å². The lowest BCUT2D eigenvalue weighted by atomic mass is 10.1. The van der Waals surface area contributed by atoms with Gasteiger partial charge in [-0.2, -0.15) is 0 Å². The van der Waals surface area contributed by atoms with Gasteiger partial charge in [0.25, 0.3) is 5.91 Å². The lowest BCUT2D eigenvalue weighted by Gasteiger charge is -2.35. The summed E-state index contributed by atoms with van der Waals surface area (Å²) in [5.41, 5.74) is 1.67. The van der Waals surface area contributed by atoms with Crippen molar-refractivity contribution in [1.29, 1.82) is 0 Å². The third kappa shape index (κ3) is 3.85. The van der Waals surface area contributed by atoms with Gasteiger partial charge in [-0.15, -0.1) is 0 Å². The van der Waals surface area contributed by atoms with Crippen LogP contribution in [-0.4, -0.2) is 55.1 Å². The number of halogens is 2. The first-order valence-electron chi connectivity index (χ1n) is 9.33. The van der Waals surface area contributed by atoms with E-state index < -0.39 is 0 Å². The van der Waals surface area contributed by atoms with Crippen LogP contribution in [0.25, 0.3) is 0 Å². The Bertz CT molecular complexity index is 830. The number of anilines is 2. The summed E-state index contributed by atoms with van der Waals surface area (Å²) in [5.74, 6) is 0.806. The lowest BCUT2D eigenvalue weighted by molar-refractivity contribution is 0.0746. The highest BCUT2D eigenvalue weighted by Crippen LogP contribution is 2.30. The van der Waals surface area contributed by atoms with Gasteiger partial charge in [-0.05, 0) is 43.2 Å². The van der Waals surface area contributed by atoms with Crippen molar-refractivity contribution < 1.29 is 4.79 Å². The lowest BCUT2D eigenvalue weighted by Crippen LogP contribution is -2.49. The molecule has 2 fully saturated rings. The van der Waals surface area contributed by atoms with Crippen molar-refractivity contribution in [3.8, 4) is 0 Å². The van der Waals surface area contributed by atoms with E-state index in [4.69, 9.17) is 23.2 Å². The van der Waals surface area contributed by atoms with Gasteiger partial charge in [0.1, 0.15) is 5.82 Å². The second-order valence-electron chi connectivity index (χ2n) is 6.95. The van der Waals surface area contributed by atoms with Gasteiger partial charge in [0.2, 0.25) is 0 Å². The number of pyridine rings is 1. The van der Waals surface area contributed by atoms with E-state index in [1.807, 2.05) is 29.2 Å². The number of aromatic nitrogens is 1. The zero-order chi connectivity index (χ0) is 18.8. The fourth-order valence-corrected chi connectivity index (χ4v) is 4.31. The van der Waals surface area contributed by atoms with Crippen molar-refractivity contribution in [3.63, 3.8) is 0 Å². The fraction of sp³-hybridized carbons (Fsp3) is 0.400. The van der Waals surface area contributed by atoms with Crippen LogP contribution in [0.1, 0.15) is 23.2 Å². The van der Waals surface area contributed by atoms with Crippen molar-refractivity contribution in [2.45, 2.75) is 12.8 Å². The Kier molecular flexibility index (Phi) is 5.41. The molecule has 2 aliphatic rings. The van der Waals surface area contributed by atoms with Crippen molar-refractivity contribution in [3.05, 3.63) is 52.1 Å². The predicted molar refractivity (Wildman–Crippen MR) is 110 cm³/mol. The zero-order valence-electron chi connectivity index (χ0n) is 15.1. The minimum atomic E-state index is 0.0247. The molecule has 2 saturated heterocycles. The molecule has 1 aromatic heterocycles. The first kappa shape index (κ1) is 18.4. The number of nitrogens with zero attached hydrogens (tertiary/aromatic N) is 4. The van der Waals surface area contributed by atoms with Crippen LogP contribution in [0.3, 0.4) is 0 Å². The van der Waals surface area contributed by atoms with Crippen LogP contribution < -0.4 is 9.80 Å². The third-order valence-electron chi connectivity index (χ3n) is 5.25. The van der Waals surface area contributed by atoms with Gasteiger partial charge in [0, 0.05) is 51.0 Å². The molecule has 0 bridgehead atoms. The summed E-state index contributed by atoms with van der Waals surface area (Å²) in [5, 5.41) is 1.29. The van der Waals surface area contributed by atoms with E-state index in [9.17, 15) is 4.79 Å². The summed E-state index contributed by atoms with van der Waals surface area (Å²) in [6.07, 6.45) is 4.13. The number of hydrogen-bond acceptors (Lipinski definition) is 4. The van der Waals surface area contributed by atoms with Crippen molar-refractivity contribution in [2.24, 2.45) is 0 Å². The number of hydrogen-bond donors (Lipinski definition) is 0. The minimum Gasteiger partial charge on any atom is -0.370 e. The summed E-state index contributed by atoms with van der Waals surface area (Å²) in [4.78, 5) is 23.5. The molecule has 4 rings (SSSR count). The smallest absolute Gasteiger partial charge is 0.254 e. The van der Waals surface area contributed by atoms with Crippen LogP contribution in [-0.2, 0) is 0 Å². The summed E-state index contributed by atoms with van der Waals surface area (Å²) < 4.78 is 0. The van der Waals surface area contributed by atoms with Crippen molar-refractivity contribution in [1.82, 2.24) is 9.88 Å². The quantitative estimate of drug-likeness (QED) is 0.776. The minimum absolute atomic E-state index is 0.0247. The topological polar surface area (TPSA) is 39.7 Å². The predicted octanol–water partition coefficient (Wildman–Crippen LogP) is 3.95. The molecule has 3 heterocycles. The normalized spacial score (nSPS) is 17.5. The molecular weight excluding hydrogens is 383 g/mol. The van der Waals surface area contributed by atoms with E-state index in [0.717, 1.165) is 24.6 Å². The molecule has 2 aromatic rings. The van der Waals surface area contributed by atoms with Gasteiger partial charge >= 0.3 is 0 Å². The first-order chi connectivity index (χ1) is 13.1. The number of carbonyl (C=O) groups is 1. The maximum Gasteiger partial charge on any atom is 0.254 e. The molecule has 7 heteroatoms.